The number of carboxylic acids is 1. The molecule has 0 saturated carbocycles. The normalized spacial score (nSPS) is 15.1. The molecule has 0 bridgehead atoms. The number of carbonyl (C=O) groups excluding carboxylic acids is 1. The first-order chi connectivity index (χ1) is 4.99. The van der Waals surface area contributed by atoms with Crippen LogP contribution in [0.5, 0.6) is 0 Å². The third-order valence-corrected chi connectivity index (χ3v) is 1.56. The lowest BCUT2D eigenvalue weighted by atomic mass is 9.92. The second-order valence-corrected chi connectivity index (χ2v) is 2.20. The van der Waals surface area contributed by atoms with Crippen molar-refractivity contribution >= 4 is 11.8 Å². The highest BCUT2D eigenvalue weighted by atomic mass is 16.4. The summed E-state index contributed by atoms with van der Waals surface area (Å²) in [6.07, 6.45) is 0.991. The average molecular weight is 157 g/mol. The Bertz CT molecular complexity index is 200. The van der Waals surface area contributed by atoms with Crippen molar-refractivity contribution in [3.63, 3.8) is 0 Å². The topological polar surface area (TPSA) is 80.4 Å². The maximum atomic E-state index is 10.9. The maximum Gasteiger partial charge on any atom is 0.331 e. The molecule has 0 aromatic heterocycles. The number of aliphatic carboxylic acids is 1. The van der Waals surface area contributed by atoms with Crippen molar-refractivity contribution in [1.82, 2.24) is 0 Å². The van der Waals surface area contributed by atoms with E-state index in [-0.39, 0.29) is 6.42 Å². The smallest absolute Gasteiger partial charge is 0.331 e. The lowest BCUT2D eigenvalue weighted by molar-refractivity contribution is -0.147. The van der Waals surface area contributed by atoms with Crippen molar-refractivity contribution in [1.29, 1.82) is 0 Å². The van der Waals surface area contributed by atoms with E-state index < -0.39 is 17.3 Å². The molecule has 62 valence electrons. The van der Waals surface area contributed by atoms with Crippen LogP contribution in [0.2, 0.25) is 0 Å². The number of hydrogen-bond donors (Lipinski definition) is 2. The highest BCUT2D eigenvalue weighted by Gasteiger charge is 2.38. The molecule has 3 N–H and O–H groups in total. The first kappa shape index (κ1) is 9.84. The molecule has 11 heavy (non-hydrogen) atoms. The van der Waals surface area contributed by atoms with E-state index in [9.17, 15) is 9.59 Å². The van der Waals surface area contributed by atoms with E-state index in [0.717, 1.165) is 6.08 Å². The predicted octanol–water partition coefficient (Wildman–Crippen LogP) is -0.0664. The second-order valence-electron chi connectivity index (χ2n) is 2.20. The summed E-state index contributed by atoms with van der Waals surface area (Å²) in [6, 6.07) is 0. The molecule has 0 fully saturated rings. The zero-order valence-electron chi connectivity index (χ0n) is 6.33. The van der Waals surface area contributed by atoms with Gasteiger partial charge in [0.1, 0.15) is 0 Å². The minimum absolute atomic E-state index is 0.0627. The Kier molecular flexibility index (Phi) is 2.95. The Morgan fingerprint density at radius 3 is 2.27 bits per heavy atom. The Morgan fingerprint density at radius 2 is 2.18 bits per heavy atom. The zero-order chi connectivity index (χ0) is 9.07. The van der Waals surface area contributed by atoms with Gasteiger partial charge in [0.2, 0.25) is 0 Å². The van der Waals surface area contributed by atoms with Gasteiger partial charge in [0.05, 0.1) is 0 Å². The Hall–Kier alpha value is -1.16. The summed E-state index contributed by atoms with van der Waals surface area (Å²) in [7, 11) is 0. The molecule has 0 aromatic carbocycles. The van der Waals surface area contributed by atoms with Gasteiger partial charge in [0.25, 0.3) is 0 Å². The van der Waals surface area contributed by atoms with E-state index in [1.54, 1.807) is 0 Å². The van der Waals surface area contributed by atoms with E-state index in [2.05, 4.69) is 6.58 Å². The monoisotopic (exact) mass is 157 g/mol. The molecule has 0 saturated heterocycles. The molecule has 0 spiro atoms. The summed E-state index contributed by atoms with van der Waals surface area (Å²) in [5.74, 6) is -1.97. The van der Waals surface area contributed by atoms with Crippen molar-refractivity contribution in [2.45, 2.75) is 18.9 Å². The number of rotatable bonds is 4. The second kappa shape index (κ2) is 3.30. The molecule has 4 heteroatoms. The van der Waals surface area contributed by atoms with Gasteiger partial charge >= 0.3 is 5.97 Å². The molecule has 0 aliphatic rings. The van der Waals surface area contributed by atoms with Gasteiger partial charge in [-0.3, -0.25) is 4.79 Å². The molecule has 0 aliphatic heterocycles. The van der Waals surface area contributed by atoms with Crippen LogP contribution in [0.15, 0.2) is 12.7 Å². The summed E-state index contributed by atoms with van der Waals surface area (Å²) in [6.45, 7) is 4.70. The van der Waals surface area contributed by atoms with E-state index >= 15 is 0 Å². The van der Waals surface area contributed by atoms with Crippen molar-refractivity contribution in [3.05, 3.63) is 12.7 Å². The maximum absolute atomic E-state index is 10.9. The quantitative estimate of drug-likeness (QED) is 0.442. The average Bonchev–Trinajstić information content (AvgIpc) is 2.01. The lowest BCUT2D eigenvalue weighted by Gasteiger charge is -2.18. The lowest BCUT2D eigenvalue weighted by Crippen LogP contribution is -2.53. The molecule has 0 aliphatic carbocycles. The summed E-state index contributed by atoms with van der Waals surface area (Å²) >= 11 is 0. The van der Waals surface area contributed by atoms with Gasteiger partial charge in [0, 0.05) is 0 Å². The number of nitrogens with two attached hydrogens (primary N) is 1. The predicted molar refractivity (Wildman–Crippen MR) is 40.0 cm³/mol. The van der Waals surface area contributed by atoms with Crippen LogP contribution in [-0.4, -0.2) is 22.4 Å². The van der Waals surface area contributed by atoms with Crippen LogP contribution < -0.4 is 5.73 Å². The van der Waals surface area contributed by atoms with E-state index in [1.807, 2.05) is 0 Å². The van der Waals surface area contributed by atoms with Crippen molar-refractivity contribution in [2.75, 3.05) is 0 Å². The van der Waals surface area contributed by atoms with Crippen molar-refractivity contribution in [3.8, 4) is 0 Å². The van der Waals surface area contributed by atoms with Gasteiger partial charge in [-0.15, -0.1) is 0 Å². The van der Waals surface area contributed by atoms with E-state index in [1.165, 1.54) is 6.92 Å². The summed E-state index contributed by atoms with van der Waals surface area (Å²) in [5, 5.41) is 8.54. The van der Waals surface area contributed by atoms with Crippen LogP contribution in [0, 0.1) is 0 Å². The van der Waals surface area contributed by atoms with Gasteiger partial charge in [-0.25, -0.2) is 4.79 Å². The molecule has 1 atom stereocenters. The van der Waals surface area contributed by atoms with Crippen LogP contribution in [-0.2, 0) is 9.59 Å². The zero-order valence-corrected chi connectivity index (χ0v) is 6.33. The van der Waals surface area contributed by atoms with Crippen molar-refractivity contribution < 1.29 is 14.7 Å². The third kappa shape index (κ3) is 1.65. The first-order valence-electron chi connectivity index (χ1n) is 3.18. The summed E-state index contributed by atoms with van der Waals surface area (Å²) < 4.78 is 0. The molecular formula is C7H11NO3. The van der Waals surface area contributed by atoms with Crippen LogP contribution in [0.3, 0.4) is 0 Å². The van der Waals surface area contributed by atoms with Crippen LogP contribution in [0.25, 0.3) is 0 Å². The molecule has 0 heterocycles. The Labute approximate surface area is 64.7 Å². The fraction of sp³-hybridized carbons (Fsp3) is 0.429. The van der Waals surface area contributed by atoms with E-state index in [4.69, 9.17) is 10.8 Å². The first-order valence-corrected chi connectivity index (χ1v) is 3.18. The summed E-state index contributed by atoms with van der Waals surface area (Å²) in [5.41, 5.74) is 3.48. The van der Waals surface area contributed by atoms with E-state index in [0.29, 0.717) is 0 Å². The third-order valence-electron chi connectivity index (χ3n) is 1.56. The molecule has 0 radical (unpaired) electrons. The number of carbonyl (C=O) groups is 2. The van der Waals surface area contributed by atoms with Crippen LogP contribution in [0.1, 0.15) is 13.3 Å². The minimum atomic E-state index is -1.79. The largest absolute Gasteiger partial charge is 0.480 e. The van der Waals surface area contributed by atoms with Gasteiger partial charge < -0.3 is 10.8 Å². The van der Waals surface area contributed by atoms with Crippen LogP contribution >= 0.6 is 0 Å². The van der Waals surface area contributed by atoms with Gasteiger partial charge in [-0.2, -0.15) is 0 Å². The standard InChI is InChI=1S/C7H11NO3/c1-3-5(9)7(8,4-2)6(10)11/h3H,1,4,8H2,2H3,(H,10,11). The highest BCUT2D eigenvalue weighted by Crippen LogP contribution is 2.08. The minimum Gasteiger partial charge on any atom is -0.480 e. The SMILES string of the molecule is C=CC(=O)C(N)(CC)C(=O)O. The molecular weight excluding hydrogens is 146 g/mol. The van der Waals surface area contributed by atoms with Gasteiger partial charge in [0.15, 0.2) is 11.3 Å². The fourth-order valence-electron chi connectivity index (χ4n) is 0.613. The number of carboxylic acid groups (broad SMARTS) is 1. The summed E-state index contributed by atoms with van der Waals surface area (Å²) in [4.78, 5) is 21.3. The molecule has 0 amide bonds. The molecule has 0 aromatic rings. The van der Waals surface area contributed by atoms with Gasteiger partial charge in [-0.05, 0) is 12.5 Å². The Balaban J connectivity index is 4.73. The highest BCUT2D eigenvalue weighted by molar-refractivity contribution is 6.12. The van der Waals surface area contributed by atoms with Gasteiger partial charge in [-0.1, -0.05) is 13.5 Å². The fourth-order valence-corrected chi connectivity index (χ4v) is 0.613. The van der Waals surface area contributed by atoms with Crippen molar-refractivity contribution in [2.24, 2.45) is 5.73 Å². The molecule has 1 unspecified atom stereocenters. The van der Waals surface area contributed by atoms with Crippen LogP contribution in [0.4, 0.5) is 0 Å². The Morgan fingerprint density at radius 1 is 1.73 bits per heavy atom. The number of hydrogen-bond acceptors (Lipinski definition) is 3. The number of ketones is 1. The molecule has 0 rings (SSSR count). The molecule has 4 nitrogen and oxygen atoms in total.